The van der Waals surface area contributed by atoms with Crippen LogP contribution in [0.4, 0.5) is 0 Å². The smallest absolute Gasteiger partial charge is 0.312 e. The van der Waals surface area contributed by atoms with Crippen molar-refractivity contribution in [3.8, 4) is 5.75 Å². The van der Waals surface area contributed by atoms with E-state index in [2.05, 4.69) is 9.97 Å². The van der Waals surface area contributed by atoms with Crippen LogP contribution in [0, 0.1) is 5.41 Å². The largest absolute Gasteiger partial charge is 0.506 e. The van der Waals surface area contributed by atoms with Gasteiger partial charge in [-0.2, -0.15) is 0 Å². The number of cyclic esters (lactones) is 1. The number of ether oxygens (including phenoxy) is 1. The highest BCUT2D eigenvalue weighted by molar-refractivity contribution is 5.94. The van der Waals surface area contributed by atoms with Gasteiger partial charge in [0.05, 0.1) is 41.1 Å². The number of carbonyl (C=O) groups is 2. The number of rotatable bonds is 3. The molecule has 5 rings (SSSR count). The fraction of sp³-hybridized carbons (Fsp3) is 0.364. The van der Waals surface area contributed by atoms with Gasteiger partial charge in [0, 0.05) is 25.7 Å². The van der Waals surface area contributed by atoms with Crippen molar-refractivity contribution in [2.75, 3.05) is 13.1 Å². The SMILES string of the molecule is O=C(c1cncc(O)c1)N1CCC2(CC1)CC(Cn1cnc3ccccc31)OC2=O. The highest BCUT2D eigenvalue weighted by atomic mass is 16.6. The molecular weight excluding hydrogens is 384 g/mol. The predicted octanol–water partition coefficient (Wildman–Crippen LogP) is 2.38. The van der Waals surface area contributed by atoms with Gasteiger partial charge in [-0.05, 0) is 31.0 Å². The number of carbonyl (C=O) groups excluding carboxylic acids is 2. The van der Waals surface area contributed by atoms with E-state index in [9.17, 15) is 14.7 Å². The molecule has 0 radical (unpaired) electrons. The van der Waals surface area contributed by atoms with Gasteiger partial charge in [-0.3, -0.25) is 14.6 Å². The summed E-state index contributed by atoms with van der Waals surface area (Å²) < 4.78 is 7.77. The second kappa shape index (κ2) is 7.12. The molecule has 2 aliphatic rings. The van der Waals surface area contributed by atoms with E-state index in [0.717, 1.165) is 11.0 Å². The summed E-state index contributed by atoms with van der Waals surface area (Å²) in [7, 11) is 0. The second-order valence-corrected chi connectivity index (χ2v) is 8.12. The number of para-hydroxylation sites is 2. The lowest BCUT2D eigenvalue weighted by Crippen LogP contribution is -2.45. The van der Waals surface area contributed by atoms with Gasteiger partial charge >= 0.3 is 5.97 Å². The van der Waals surface area contributed by atoms with E-state index in [4.69, 9.17) is 4.74 Å². The summed E-state index contributed by atoms with van der Waals surface area (Å²) in [5.41, 5.74) is 1.76. The number of piperidine rings is 1. The maximum atomic E-state index is 12.8. The first kappa shape index (κ1) is 18.6. The quantitative estimate of drug-likeness (QED) is 0.671. The van der Waals surface area contributed by atoms with Gasteiger partial charge in [0.15, 0.2) is 0 Å². The second-order valence-electron chi connectivity index (χ2n) is 8.12. The summed E-state index contributed by atoms with van der Waals surface area (Å²) in [4.78, 5) is 35.4. The Morgan fingerprint density at radius 1 is 1.23 bits per heavy atom. The van der Waals surface area contributed by atoms with Crippen molar-refractivity contribution < 1.29 is 19.4 Å². The van der Waals surface area contributed by atoms with Crippen molar-refractivity contribution in [1.82, 2.24) is 19.4 Å². The van der Waals surface area contributed by atoms with E-state index >= 15 is 0 Å². The fourth-order valence-electron chi connectivity index (χ4n) is 4.59. The van der Waals surface area contributed by atoms with E-state index in [-0.39, 0.29) is 23.7 Å². The normalized spacial score (nSPS) is 20.6. The lowest BCUT2D eigenvalue weighted by atomic mass is 9.76. The van der Waals surface area contributed by atoms with Crippen molar-refractivity contribution in [3.63, 3.8) is 0 Å². The predicted molar refractivity (Wildman–Crippen MR) is 108 cm³/mol. The zero-order valence-electron chi connectivity index (χ0n) is 16.4. The van der Waals surface area contributed by atoms with Gasteiger partial charge in [0.25, 0.3) is 5.91 Å². The molecule has 2 saturated heterocycles. The maximum Gasteiger partial charge on any atom is 0.312 e. The Labute approximate surface area is 173 Å². The Hall–Kier alpha value is -3.42. The van der Waals surface area contributed by atoms with Crippen LogP contribution < -0.4 is 0 Å². The number of amides is 1. The summed E-state index contributed by atoms with van der Waals surface area (Å²) in [5, 5.41) is 9.56. The van der Waals surface area contributed by atoms with Gasteiger partial charge in [0.1, 0.15) is 11.9 Å². The topological polar surface area (TPSA) is 97.6 Å². The molecule has 8 nitrogen and oxygen atoms in total. The fourth-order valence-corrected chi connectivity index (χ4v) is 4.59. The average Bonchev–Trinajstić information content (AvgIpc) is 3.29. The van der Waals surface area contributed by atoms with Crippen LogP contribution in [0.15, 0.2) is 49.1 Å². The highest BCUT2D eigenvalue weighted by Gasteiger charge is 2.50. The monoisotopic (exact) mass is 406 g/mol. The minimum Gasteiger partial charge on any atom is -0.506 e. The zero-order valence-corrected chi connectivity index (χ0v) is 16.4. The molecule has 1 amide bonds. The Balaban J connectivity index is 1.25. The van der Waals surface area contributed by atoms with Crippen LogP contribution in [0.1, 0.15) is 29.6 Å². The molecule has 30 heavy (non-hydrogen) atoms. The molecule has 1 aromatic carbocycles. The van der Waals surface area contributed by atoms with Crippen molar-refractivity contribution in [3.05, 3.63) is 54.6 Å². The molecule has 8 heteroatoms. The van der Waals surface area contributed by atoms with E-state index in [1.807, 2.05) is 28.8 Å². The Morgan fingerprint density at radius 2 is 2.03 bits per heavy atom. The lowest BCUT2D eigenvalue weighted by molar-refractivity contribution is -0.150. The molecule has 4 heterocycles. The molecule has 154 valence electrons. The molecule has 1 atom stereocenters. The van der Waals surface area contributed by atoms with Crippen LogP contribution in [0.3, 0.4) is 0 Å². The average molecular weight is 406 g/mol. The minimum absolute atomic E-state index is 0.0384. The number of likely N-dealkylation sites (tertiary alicyclic amines) is 1. The highest BCUT2D eigenvalue weighted by Crippen LogP contribution is 2.43. The Bertz CT molecular complexity index is 1120. The molecule has 2 fully saturated rings. The zero-order chi connectivity index (χ0) is 20.7. The first-order valence-corrected chi connectivity index (χ1v) is 10.1. The van der Waals surface area contributed by atoms with Crippen LogP contribution in [0.2, 0.25) is 0 Å². The van der Waals surface area contributed by atoms with Crippen LogP contribution in [-0.2, 0) is 16.1 Å². The number of aromatic hydroxyl groups is 1. The van der Waals surface area contributed by atoms with Crippen LogP contribution in [-0.4, -0.2) is 55.6 Å². The molecular formula is C22H22N4O4. The number of pyridine rings is 1. The number of hydrogen-bond acceptors (Lipinski definition) is 6. The molecule has 1 spiro atoms. The number of hydrogen-bond donors (Lipinski definition) is 1. The van der Waals surface area contributed by atoms with Crippen LogP contribution in [0.25, 0.3) is 11.0 Å². The van der Waals surface area contributed by atoms with Gasteiger partial charge in [-0.15, -0.1) is 0 Å². The van der Waals surface area contributed by atoms with E-state index in [0.29, 0.717) is 44.5 Å². The van der Waals surface area contributed by atoms with Crippen LogP contribution >= 0.6 is 0 Å². The van der Waals surface area contributed by atoms with Crippen molar-refractivity contribution in [1.29, 1.82) is 0 Å². The molecule has 2 aromatic heterocycles. The van der Waals surface area contributed by atoms with Crippen molar-refractivity contribution in [2.24, 2.45) is 5.41 Å². The Kier molecular flexibility index (Phi) is 4.42. The van der Waals surface area contributed by atoms with Crippen molar-refractivity contribution in [2.45, 2.75) is 31.9 Å². The number of aromatic nitrogens is 3. The molecule has 1 N–H and O–H groups in total. The number of fused-ring (bicyclic) bond motifs is 1. The van der Waals surface area contributed by atoms with Gasteiger partial charge in [-0.25, -0.2) is 4.98 Å². The number of nitrogens with zero attached hydrogens (tertiary/aromatic N) is 4. The van der Waals surface area contributed by atoms with E-state index in [1.54, 1.807) is 11.2 Å². The van der Waals surface area contributed by atoms with E-state index in [1.165, 1.54) is 18.5 Å². The van der Waals surface area contributed by atoms with Gasteiger partial charge in [0.2, 0.25) is 0 Å². The molecule has 0 bridgehead atoms. The number of benzene rings is 1. The third kappa shape index (κ3) is 3.18. The summed E-state index contributed by atoms with van der Waals surface area (Å²) in [5.74, 6) is -0.382. The summed E-state index contributed by atoms with van der Waals surface area (Å²) in [6.45, 7) is 1.53. The summed E-state index contributed by atoms with van der Waals surface area (Å²) in [6.07, 6.45) is 6.12. The lowest BCUT2D eigenvalue weighted by Gasteiger charge is -2.36. The molecule has 0 aliphatic carbocycles. The van der Waals surface area contributed by atoms with Crippen LogP contribution in [0.5, 0.6) is 5.75 Å². The third-order valence-electron chi connectivity index (χ3n) is 6.23. The Morgan fingerprint density at radius 3 is 2.83 bits per heavy atom. The molecule has 1 unspecified atom stereocenters. The molecule has 3 aromatic rings. The first-order valence-electron chi connectivity index (χ1n) is 10.1. The van der Waals surface area contributed by atoms with Gasteiger partial charge in [-0.1, -0.05) is 12.1 Å². The number of imidazole rings is 1. The summed E-state index contributed by atoms with van der Waals surface area (Å²) in [6, 6.07) is 9.30. The molecule has 2 aliphatic heterocycles. The van der Waals surface area contributed by atoms with Gasteiger partial charge < -0.3 is 19.3 Å². The number of esters is 1. The summed E-state index contributed by atoms with van der Waals surface area (Å²) >= 11 is 0. The molecule has 0 saturated carbocycles. The van der Waals surface area contributed by atoms with E-state index < -0.39 is 5.41 Å². The van der Waals surface area contributed by atoms with Crippen molar-refractivity contribution >= 4 is 22.9 Å². The third-order valence-corrected chi connectivity index (χ3v) is 6.23. The first-order chi connectivity index (χ1) is 14.5. The standard InChI is InChI=1S/C22H22N4O4/c27-16-9-15(11-23-12-16)20(28)25-7-5-22(6-8-25)10-17(30-21(22)29)13-26-14-24-18-3-1-2-4-19(18)26/h1-4,9,11-12,14,17,27H,5-8,10,13H2. The minimum atomic E-state index is -0.533. The maximum absolute atomic E-state index is 12.8.